The van der Waals surface area contributed by atoms with Gasteiger partial charge in [0.25, 0.3) is 0 Å². The molecule has 0 saturated carbocycles. The molecule has 2 heterocycles. The number of hydrogen-bond donors (Lipinski definition) is 1. The molecule has 5 rings (SSSR count). The molecule has 0 radical (unpaired) electrons. The highest BCUT2D eigenvalue weighted by Gasteiger charge is 2.37. The SMILES string of the molecule is Cc1ccsc1C1C2=C(CCCC2=O)Nc2ccc3ccccc3c21. The first kappa shape index (κ1) is 14.9. The van der Waals surface area contributed by atoms with E-state index in [1.165, 1.54) is 26.8 Å². The van der Waals surface area contributed by atoms with Crippen molar-refractivity contribution in [3.8, 4) is 0 Å². The second kappa shape index (κ2) is 5.57. The van der Waals surface area contributed by atoms with Gasteiger partial charge in [-0.05, 0) is 59.2 Å². The molecule has 1 unspecified atom stereocenters. The molecule has 3 heteroatoms. The van der Waals surface area contributed by atoms with E-state index in [-0.39, 0.29) is 5.92 Å². The zero-order chi connectivity index (χ0) is 17.0. The summed E-state index contributed by atoms with van der Waals surface area (Å²) < 4.78 is 0. The Kier molecular flexibility index (Phi) is 3.32. The lowest BCUT2D eigenvalue weighted by Crippen LogP contribution is -2.27. The molecular weight excluding hydrogens is 326 g/mol. The van der Waals surface area contributed by atoms with E-state index in [0.717, 1.165) is 29.8 Å². The first-order valence-corrected chi connectivity index (χ1v) is 9.71. The predicted octanol–water partition coefficient (Wildman–Crippen LogP) is 5.77. The van der Waals surface area contributed by atoms with Crippen molar-refractivity contribution in [2.75, 3.05) is 5.32 Å². The minimum atomic E-state index is 0.0603. The maximum absolute atomic E-state index is 12.9. The van der Waals surface area contributed by atoms with Crippen LogP contribution in [0.1, 0.15) is 41.2 Å². The number of carbonyl (C=O) groups is 1. The van der Waals surface area contributed by atoms with E-state index in [4.69, 9.17) is 0 Å². The van der Waals surface area contributed by atoms with Gasteiger partial charge in [0.1, 0.15) is 0 Å². The smallest absolute Gasteiger partial charge is 0.161 e. The third-order valence-electron chi connectivity index (χ3n) is 5.45. The largest absolute Gasteiger partial charge is 0.358 e. The van der Waals surface area contributed by atoms with Crippen LogP contribution in [-0.4, -0.2) is 5.78 Å². The number of carbonyl (C=O) groups excluding carboxylic acids is 1. The lowest BCUT2D eigenvalue weighted by atomic mass is 9.76. The molecule has 1 aliphatic heterocycles. The molecule has 1 atom stereocenters. The van der Waals surface area contributed by atoms with Crippen LogP contribution < -0.4 is 5.32 Å². The monoisotopic (exact) mass is 345 g/mol. The summed E-state index contributed by atoms with van der Waals surface area (Å²) in [6.07, 6.45) is 2.58. The van der Waals surface area contributed by atoms with Gasteiger partial charge in [-0.2, -0.15) is 0 Å². The van der Waals surface area contributed by atoms with Crippen LogP contribution in [0.5, 0.6) is 0 Å². The van der Waals surface area contributed by atoms with E-state index in [1.807, 2.05) is 0 Å². The Morgan fingerprint density at radius 1 is 1.08 bits per heavy atom. The molecule has 2 nitrogen and oxygen atoms in total. The minimum absolute atomic E-state index is 0.0603. The van der Waals surface area contributed by atoms with Crippen molar-refractivity contribution >= 4 is 33.6 Å². The van der Waals surface area contributed by atoms with E-state index < -0.39 is 0 Å². The second-order valence-corrected chi connectivity index (χ2v) is 7.89. The van der Waals surface area contributed by atoms with Crippen molar-refractivity contribution in [1.29, 1.82) is 0 Å². The van der Waals surface area contributed by atoms with E-state index >= 15 is 0 Å². The molecule has 1 aliphatic carbocycles. The van der Waals surface area contributed by atoms with E-state index in [0.29, 0.717) is 12.2 Å². The van der Waals surface area contributed by atoms with E-state index in [9.17, 15) is 4.79 Å². The summed E-state index contributed by atoms with van der Waals surface area (Å²) >= 11 is 1.77. The quantitative estimate of drug-likeness (QED) is 0.606. The van der Waals surface area contributed by atoms with Crippen LogP contribution in [0, 0.1) is 6.92 Å². The van der Waals surface area contributed by atoms with Crippen LogP contribution in [0.2, 0.25) is 0 Å². The van der Waals surface area contributed by atoms with Crippen molar-refractivity contribution in [3.63, 3.8) is 0 Å². The molecule has 0 bridgehead atoms. The highest BCUT2D eigenvalue weighted by molar-refractivity contribution is 7.10. The molecule has 25 heavy (non-hydrogen) atoms. The zero-order valence-electron chi connectivity index (χ0n) is 14.1. The molecule has 2 aliphatic rings. The summed E-state index contributed by atoms with van der Waals surface area (Å²) in [6.45, 7) is 2.16. The lowest BCUT2D eigenvalue weighted by molar-refractivity contribution is -0.116. The summed E-state index contributed by atoms with van der Waals surface area (Å²) in [4.78, 5) is 14.2. The van der Waals surface area contributed by atoms with E-state index in [2.05, 4.69) is 60.1 Å². The van der Waals surface area contributed by atoms with Crippen LogP contribution in [0.4, 0.5) is 5.69 Å². The molecule has 1 aromatic heterocycles. The number of aryl methyl sites for hydroxylation is 1. The summed E-state index contributed by atoms with van der Waals surface area (Å²) in [5.41, 5.74) is 5.83. The van der Waals surface area contributed by atoms with Gasteiger partial charge in [-0.25, -0.2) is 0 Å². The third kappa shape index (κ3) is 2.19. The van der Waals surface area contributed by atoms with Gasteiger partial charge in [0.15, 0.2) is 5.78 Å². The molecule has 0 saturated heterocycles. The number of benzene rings is 2. The Balaban J connectivity index is 1.86. The normalized spacial score (nSPS) is 19.6. The van der Waals surface area contributed by atoms with Gasteiger partial charge in [-0.15, -0.1) is 11.3 Å². The van der Waals surface area contributed by atoms with Gasteiger partial charge in [-0.1, -0.05) is 30.3 Å². The highest BCUT2D eigenvalue weighted by atomic mass is 32.1. The topological polar surface area (TPSA) is 29.1 Å². The average molecular weight is 345 g/mol. The number of allylic oxidation sites excluding steroid dienone is 2. The standard InChI is InChI=1S/C22H19NOS/c1-13-11-12-25-22(13)21-19-15-6-3-2-5-14(15)9-10-17(19)23-16-7-4-8-18(24)20(16)21/h2-3,5-6,9-12,21,23H,4,7-8H2,1H3. The van der Waals surface area contributed by atoms with Gasteiger partial charge >= 0.3 is 0 Å². The molecule has 0 amide bonds. The van der Waals surface area contributed by atoms with Crippen molar-refractivity contribution < 1.29 is 4.79 Å². The fourth-order valence-corrected chi connectivity index (χ4v) is 5.34. The maximum atomic E-state index is 12.9. The van der Waals surface area contributed by atoms with E-state index in [1.54, 1.807) is 11.3 Å². The Morgan fingerprint density at radius 3 is 2.80 bits per heavy atom. The van der Waals surface area contributed by atoms with Crippen molar-refractivity contribution in [2.24, 2.45) is 0 Å². The number of Topliss-reactive ketones (excluding diaryl/α,β-unsaturated/α-hetero) is 1. The van der Waals surface area contributed by atoms with Crippen molar-refractivity contribution in [1.82, 2.24) is 0 Å². The Bertz CT molecular complexity index is 1040. The number of ketones is 1. The predicted molar refractivity (Wildman–Crippen MR) is 104 cm³/mol. The molecule has 1 N–H and O–H groups in total. The second-order valence-electron chi connectivity index (χ2n) is 6.94. The van der Waals surface area contributed by atoms with Crippen LogP contribution in [0.15, 0.2) is 59.1 Å². The lowest BCUT2D eigenvalue weighted by Gasteiger charge is -2.34. The third-order valence-corrected chi connectivity index (χ3v) is 6.54. The first-order valence-electron chi connectivity index (χ1n) is 8.83. The molecule has 3 aromatic rings. The number of fused-ring (bicyclic) bond motifs is 3. The summed E-state index contributed by atoms with van der Waals surface area (Å²) in [5, 5.41) is 8.22. The van der Waals surface area contributed by atoms with Crippen LogP contribution in [-0.2, 0) is 4.79 Å². The molecule has 124 valence electrons. The average Bonchev–Trinajstić information content (AvgIpc) is 3.05. The summed E-state index contributed by atoms with van der Waals surface area (Å²) in [7, 11) is 0. The Morgan fingerprint density at radius 2 is 1.96 bits per heavy atom. The molecule has 0 fully saturated rings. The Labute approximate surface area is 151 Å². The maximum Gasteiger partial charge on any atom is 0.161 e. The van der Waals surface area contributed by atoms with Crippen LogP contribution in [0.25, 0.3) is 10.8 Å². The fourth-order valence-electron chi connectivity index (χ4n) is 4.29. The number of rotatable bonds is 1. The molecule has 2 aromatic carbocycles. The number of thiophene rings is 1. The summed E-state index contributed by atoms with van der Waals surface area (Å²) in [5.74, 6) is 0.371. The van der Waals surface area contributed by atoms with Crippen molar-refractivity contribution in [3.05, 3.63) is 75.1 Å². The van der Waals surface area contributed by atoms with Gasteiger partial charge in [0, 0.05) is 28.3 Å². The van der Waals surface area contributed by atoms with Crippen LogP contribution in [0.3, 0.4) is 0 Å². The van der Waals surface area contributed by atoms with Gasteiger partial charge in [0.2, 0.25) is 0 Å². The van der Waals surface area contributed by atoms with Crippen LogP contribution >= 0.6 is 11.3 Å². The number of nitrogens with one attached hydrogen (secondary N) is 1. The van der Waals surface area contributed by atoms with Gasteiger partial charge < -0.3 is 5.32 Å². The number of anilines is 1. The zero-order valence-corrected chi connectivity index (χ0v) is 15.0. The minimum Gasteiger partial charge on any atom is -0.358 e. The first-order chi connectivity index (χ1) is 12.2. The highest BCUT2D eigenvalue weighted by Crippen LogP contribution is 2.49. The van der Waals surface area contributed by atoms with Crippen molar-refractivity contribution in [2.45, 2.75) is 32.1 Å². The fraction of sp³-hybridized carbons (Fsp3) is 0.227. The number of hydrogen-bond acceptors (Lipinski definition) is 3. The molecular formula is C22H19NOS. The Hall–Kier alpha value is -2.39. The summed E-state index contributed by atoms with van der Waals surface area (Å²) in [6, 6.07) is 15.0. The molecule has 0 spiro atoms. The van der Waals surface area contributed by atoms with Gasteiger partial charge in [0.05, 0.1) is 5.92 Å². The van der Waals surface area contributed by atoms with Gasteiger partial charge in [-0.3, -0.25) is 4.79 Å².